The monoisotopic (exact) mass is 465 g/mol. The Morgan fingerprint density at radius 2 is 1.70 bits per heavy atom. The minimum Gasteiger partial charge on any atom is -0.495 e. The van der Waals surface area contributed by atoms with Crippen LogP contribution in [0.1, 0.15) is 10.4 Å². The highest BCUT2D eigenvalue weighted by Gasteiger charge is 2.35. The predicted octanol–water partition coefficient (Wildman–Crippen LogP) is 4.76. The number of ether oxygens (including phenoxy) is 1. The summed E-state index contributed by atoms with van der Waals surface area (Å²) in [4.78, 5) is 12.5. The van der Waals surface area contributed by atoms with E-state index in [9.17, 15) is 4.79 Å². The third-order valence-electron chi connectivity index (χ3n) is 3.35. The zero-order chi connectivity index (χ0) is 20.0. The van der Waals surface area contributed by atoms with Crippen molar-refractivity contribution in [2.24, 2.45) is 0 Å². The van der Waals surface area contributed by atoms with Gasteiger partial charge in [0.25, 0.3) is 5.91 Å². The first-order chi connectivity index (χ1) is 12.7. The third kappa shape index (κ3) is 6.30. The van der Waals surface area contributed by atoms with Crippen molar-refractivity contribution in [3.05, 3.63) is 59.1 Å². The fraction of sp³-hybridized carbons (Fsp3) is 0.176. The van der Waals surface area contributed by atoms with Gasteiger partial charge in [-0.3, -0.25) is 4.79 Å². The summed E-state index contributed by atoms with van der Waals surface area (Å²) in [6.45, 7) is 0. The van der Waals surface area contributed by atoms with Crippen LogP contribution in [0.2, 0.25) is 5.02 Å². The first kappa shape index (κ1) is 21.9. The fourth-order valence-electron chi connectivity index (χ4n) is 2.09. The van der Waals surface area contributed by atoms with Crippen LogP contribution in [0.15, 0.2) is 48.5 Å². The van der Waals surface area contributed by atoms with Gasteiger partial charge in [-0.1, -0.05) is 70.7 Å². The number of benzene rings is 2. The quantitative estimate of drug-likeness (QED) is 0.337. The van der Waals surface area contributed by atoms with E-state index >= 15 is 0 Å². The summed E-state index contributed by atoms with van der Waals surface area (Å²) in [6.07, 6.45) is -1.12. The average Bonchev–Trinajstić information content (AvgIpc) is 2.61. The number of anilines is 1. The first-order valence-electron chi connectivity index (χ1n) is 7.55. The number of alkyl halides is 3. The maximum Gasteiger partial charge on any atom is 0.254 e. The van der Waals surface area contributed by atoms with Crippen molar-refractivity contribution in [2.45, 2.75) is 9.96 Å². The van der Waals surface area contributed by atoms with Crippen molar-refractivity contribution >= 4 is 75.3 Å². The van der Waals surface area contributed by atoms with Crippen molar-refractivity contribution < 1.29 is 9.53 Å². The second-order valence-corrected chi connectivity index (χ2v) is 8.41. The lowest BCUT2D eigenvalue weighted by Gasteiger charge is -2.28. The molecule has 0 spiro atoms. The lowest BCUT2D eigenvalue weighted by Crippen LogP contribution is -2.56. The Hall–Kier alpha value is -1.44. The Bertz CT molecular complexity index is 830. The highest BCUT2D eigenvalue weighted by atomic mass is 35.6. The maximum absolute atomic E-state index is 12.5. The minimum atomic E-state index is -1.89. The molecule has 0 bridgehead atoms. The Balaban J connectivity index is 2.12. The molecule has 144 valence electrons. The molecule has 0 unspecified atom stereocenters. The van der Waals surface area contributed by atoms with Gasteiger partial charge in [-0.2, -0.15) is 0 Å². The van der Waals surface area contributed by atoms with Crippen LogP contribution < -0.4 is 20.7 Å². The summed E-state index contributed by atoms with van der Waals surface area (Å²) in [6, 6.07) is 13.7. The van der Waals surface area contributed by atoms with E-state index in [1.54, 1.807) is 42.5 Å². The van der Waals surface area contributed by atoms with Crippen LogP contribution in [0.5, 0.6) is 5.75 Å². The van der Waals surface area contributed by atoms with Crippen molar-refractivity contribution in [1.29, 1.82) is 0 Å². The fourth-order valence-corrected chi connectivity index (χ4v) is 2.87. The molecule has 2 aromatic rings. The molecular weight excluding hydrogens is 452 g/mol. The molecule has 0 aliphatic rings. The number of para-hydroxylation sites is 2. The Morgan fingerprint density at radius 3 is 2.33 bits per heavy atom. The molecule has 0 saturated carbocycles. The van der Waals surface area contributed by atoms with E-state index in [4.69, 9.17) is 63.4 Å². The zero-order valence-corrected chi connectivity index (χ0v) is 17.8. The Morgan fingerprint density at radius 1 is 1.07 bits per heavy atom. The van der Waals surface area contributed by atoms with E-state index in [-0.39, 0.29) is 15.7 Å². The van der Waals surface area contributed by atoms with Crippen LogP contribution in [0, 0.1) is 0 Å². The van der Waals surface area contributed by atoms with Gasteiger partial charge in [0.05, 0.1) is 23.4 Å². The molecule has 0 aromatic heterocycles. The molecule has 0 heterocycles. The second-order valence-electron chi connectivity index (χ2n) is 5.23. The summed E-state index contributed by atoms with van der Waals surface area (Å²) in [7, 11) is 1.53. The van der Waals surface area contributed by atoms with Crippen LogP contribution in [0.4, 0.5) is 5.69 Å². The Labute approximate surface area is 182 Å². The number of carbonyl (C=O) groups excluding carboxylic acids is 1. The largest absolute Gasteiger partial charge is 0.495 e. The lowest BCUT2D eigenvalue weighted by atomic mass is 10.2. The summed E-state index contributed by atoms with van der Waals surface area (Å²) in [5, 5.41) is 8.66. The first-order valence-corrected chi connectivity index (χ1v) is 9.47. The van der Waals surface area contributed by atoms with Crippen LogP contribution in [0.25, 0.3) is 0 Å². The van der Waals surface area contributed by atoms with Gasteiger partial charge in [0, 0.05) is 0 Å². The highest BCUT2D eigenvalue weighted by Crippen LogP contribution is 2.30. The van der Waals surface area contributed by atoms with Gasteiger partial charge < -0.3 is 20.7 Å². The van der Waals surface area contributed by atoms with E-state index in [0.717, 1.165) is 0 Å². The van der Waals surface area contributed by atoms with E-state index in [0.29, 0.717) is 11.4 Å². The minimum absolute atomic E-state index is 0.121. The number of amides is 1. The van der Waals surface area contributed by atoms with Crippen molar-refractivity contribution in [3.8, 4) is 5.75 Å². The van der Waals surface area contributed by atoms with Gasteiger partial charge in [-0.05, 0) is 36.5 Å². The summed E-state index contributed by atoms with van der Waals surface area (Å²) in [5.41, 5.74) is 0.849. The summed E-state index contributed by atoms with van der Waals surface area (Å²) < 4.78 is 3.36. The number of halogens is 4. The smallest absolute Gasteiger partial charge is 0.254 e. The second kappa shape index (κ2) is 9.66. The molecule has 1 atom stereocenters. The van der Waals surface area contributed by atoms with Gasteiger partial charge in [-0.25, -0.2) is 0 Å². The van der Waals surface area contributed by atoms with Gasteiger partial charge in [-0.15, -0.1) is 0 Å². The number of hydrogen-bond acceptors (Lipinski definition) is 3. The van der Waals surface area contributed by atoms with Crippen molar-refractivity contribution in [1.82, 2.24) is 10.6 Å². The SMILES string of the molecule is COc1ccccc1NC(=S)N[C@@H](NC(=O)c1ccccc1Cl)C(Cl)(Cl)Cl. The average molecular weight is 467 g/mol. The normalized spacial score (nSPS) is 12.0. The van der Waals surface area contributed by atoms with Crippen LogP contribution in [-0.4, -0.2) is 28.1 Å². The molecule has 0 aliphatic carbocycles. The van der Waals surface area contributed by atoms with Gasteiger partial charge in [0.2, 0.25) is 3.79 Å². The number of carbonyl (C=O) groups is 1. The molecule has 0 radical (unpaired) electrons. The number of hydrogen-bond donors (Lipinski definition) is 3. The molecule has 1 amide bonds. The van der Waals surface area contributed by atoms with Crippen molar-refractivity contribution in [3.63, 3.8) is 0 Å². The molecule has 27 heavy (non-hydrogen) atoms. The molecule has 0 fully saturated rings. The number of nitrogens with one attached hydrogen (secondary N) is 3. The molecule has 0 aliphatic heterocycles. The van der Waals surface area contributed by atoms with E-state index in [2.05, 4.69) is 16.0 Å². The summed E-state index contributed by atoms with van der Waals surface area (Å²) in [5.74, 6) is 0.0525. The van der Waals surface area contributed by atoms with Gasteiger partial charge in [0.1, 0.15) is 11.9 Å². The van der Waals surface area contributed by atoms with Gasteiger partial charge >= 0.3 is 0 Å². The van der Waals surface area contributed by atoms with Crippen LogP contribution in [0.3, 0.4) is 0 Å². The standard InChI is InChI=1S/C17H15Cl4N3O2S/c1-26-13-9-5-4-8-12(13)22-16(27)24-15(17(19,20)21)23-14(25)10-6-2-3-7-11(10)18/h2-9,15H,1H3,(H,23,25)(H2,22,24,27)/t15-/m1/s1. The molecule has 3 N–H and O–H groups in total. The Kier molecular flexibility index (Phi) is 7.82. The molecule has 5 nitrogen and oxygen atoms in total. The van der Waals surface area contributed by atoms with E-state index < -0.39 is 15.9 Å². The number of methoxy groups -OCH3 is 1. The maximum atomic E-state index is 12.5. The highest BCUT2D eigenvalue weighted by molar-refractivity contribution is 7.80. The number of thiocarbonyl (C=S) groups is 1. The predicted molar refractivity (Wildman–Crippen MR) is 115 cm³/mol. The lowest BCUT2D eigenvalue weighted by molar-refractivity contribution is 0.0934. The molecule has 2 aromatic carbocycles. The van der Waals surface area contributed by atoms with Gasteiger partial charge in [0.15, 0.2) is 5.11 Å². The zero-order valence-electron chi connectivity index (χ0n) is 13.9. The van der Waals surface area contributed by atoms with Crippen molar-refractivity contribution in [2.75, 3.05) is 12.4 Å². The molecule has 10 heteroatoms. The topological polar surface area (TPSA) is 62.4 Å². The van der Waals surface area contributed by atoms with E-state index in [1.165, 1.54) is 7.11 Å². The molecule has 2 rings (SSSR count). The van der Waals surface area contributed by atoms with E-state index in [1.807, 2.05) is 6.07 Å². The number of rotatable bonds is 5. The molecule has 0 saturated heterocycles. The van der Waals surface area contributed by atoms with Crippen LogP contribution >= 0.6 is 58.6 Å². The molecular formula is C17H15Cl4N3O2S. The van der Waals surface area contributed by atoms with Crippen LogP contribution in [-0.2, 0) is 0 Å². The summed E-state index contributed by atoms with van der Waals surface area (Å²) >= 11 is 29.2. The third-order valence-corrected chi connectivity index (χ3v) is 4.56.